The number of rotatable bonds is 4. The van der Waals surface area contributed by atoms with Crippen molar-refractivity contribution in [3.63, 3.8) is 0 Å². The van der Waals surface area contributed by atoms with E-state index in [1.807, 2.05) is 6.07 Å². The van der Waals surface area contributed by atoms with Gasteiger partial charge in [-0.2, -0.15) is 0 Å². The SMILES string of the molecule is CCC1(c2ccc(OC)c(OC)c2)CCNC1. The number of hydrogen-bond acceptors (Lipinski definition) is 3. The van der Waals surface area contributed by atoms with Gasteiger partial charge in [-0.1, -0.05) is 13.0 Å². The van der Waals surface area contributed by atoms with Gasteiger partial charge in [0.05, 0.1) is 14.2 Å². The highest BCUT2D eigenvalue weighted by atomic mass is 16.5. The second-order valence-corrected chi connectivity index (χ2v) is 4.63. The Hall–Kier alpha value is -1.22. The van der Waals surface area contributed by atoms with E-state index in [-0.39, 0.29) is 5.41 Å². The van der Waals surface area contributed by atoms with Crippen molar-refractivity contribution in [1.82, 2.24) is 5.32 Å². The molecule has 0 radical (unpaired) electrons. The molecule has 1 aromatic carbocycles. The van der Waals surface area contributed by atoms with Gasteiger partial charge in [-0.05, 0) is 37.1 Å². The molecule has 1 aromatic rings. The fraction of sp³-hybridized carbons (Fsp3) is 0.571. The maximum absolute atomic E-state index is 5.38. The van der Waals surface area contributed by atoms with Crippen LogP contribution in [-0.2, 0) is 5.41 Å². The van der Waals surface area contributed by atoms with Crippen molar-refractivity contribution < 1.29 is 9.47 Å². The molecule has 1 fully saturated rings. The molecule has 0 saturated carbocycles. The summed E-state index contributed by atoms with van der Waals surface area (Å²) in [6, 6.07) is 6.29. The minimum Gasteiger partial charge on any atom is -0.493 e. The molecule has 1 heterocycles. The predicted octanol–water partition coefficient (Wildman–Crippen LogP) is 2.34. The molecule has 1 aliphatic heterocycles. The zero-order chi connectivity index (χ0) is 12.3. The summed E-state index contributed by atoms with van der Waals surface area (Å²) in [4.78, 5) is 0. The normalized spacial score (nSPS) is 23.7. The van der Waals surface area contributed by atoms with Crippen molar-refractivity contribution in [3.8, 4) is 11.5 Å². The summed E-state index contributed by atoms with van der Waals surface area (Å²) in [5, 5.41) is 3.46. The van der Waals surface area contributed by atoms with Gasteiger partial charge < -0.3 is 14.8 Å². The molecule has 1 saturated heterocycles. The third-order valence-electron chi connectivity index (χ3n) is 3.92. The van der Waals surface area contributed by atoms with Gasteiger partial charge >= 0.3 is 0 Å². The van der Waals surface area contributed by atoms with Gasteiger partial charge in [0.2, 0.25) is 0 Å². The van der Waals surface area contributed by atoms with E-state index in [1.165, 1.54) is 12.0 Å². The molecule has 0 spiro atoms. The summed E-state index contributed by atoms with van der Waals surface area (Å²) >= 11 is 0. The zero-order valence-electron chi connectivity index (χ0n) is 10.9. The Morgan fingerprint density at radius 1 is 1.24 bits per heavy atom. The average Bonchev–Trinajstić information content (AvgIpc) is 2.88. The quantitative estimate of drug-likeness (QED) is 0.869. The Labute approximate surface area is 103 Å². The third kappa shape index (κ3) is 2.12. The molecular formula is C14H21NO2. The van der Waals surface area contributed by atoms with Gasteiger partial charge in [-0.15, -0.1) is 0 Å². The number of benzene rings is 1. The summed E-state index contributed by atoms with van der Waals surface area (Å²) in [6.45, 7) is 4.41. The molecular weight excluding hydrogens is 214 g/mol. The lowest BCUT2D eigenvalue weighted by molar-refractivity contribution is 0.352. The van der Waals surface area contributed by atoms with E-state index >= 15 is 0 Å². The highest BCUT2D eigenvalue weighted by Gasteiger charge is 2.34. The maximum atomic E-state index is 5.38. The lowest BCUT2D eigenvalue weighted by Gasteiger charge is -2.28. The van der Waals surface area contributed by atoms with E-state index in [4.69, 9.17) is 9.47 Å². The molecule has 17 heavy (non-hydrogen) atoms. The number of hydrogen-bond donors (Lipinski definition) is 1. The van der Waals surface area contributed by atoms with Crippen molar-refractivity contribution in [1.29, 1.82) is 0 Å². The molecule has 0 aliphatic carbocycles. The van der Waals surface area contributed by atoms with E-state index in [1.54, 1.807) is 14.2 Å². The fourth-order valence-electron chi connectivity index (χ4n) is 2.66. The van der Waals surface area contributed by atoms with Crippen molar-refractivity contribution in [2.24, 2.45) is 0 Å². The highest BCUT2D eigenvalue weighted by molar-refractivity contribution is 5.45. The van der Waals surface area contributed by atoms with E-state index in [0.29, 0.717) is 0 Å². The first-order valence-electron chi connectivity index (χ1n) is 6.19. The van der Waals surface area contributed by atoms with Gasteiger partial charge in [0.15, 0.2) is 11.5 Å². The minimum absolute atomic E-state index is 0.263. The van der Waals surface area contributed by atoms with E-state index in [2.05, 4.69) is 24.4 Å². The Bertz CT molecular complexity index is 384. The van der Waals surface area contributed by atoms with Gasteiger partial charge in [-0.3, -0.25) is 0 Å². The van der Waals surface area contributed by atoms with Crippen LogP contribution in [0.5, 0.6) is 11.5 Å². The van der Waals surface area contributed by atoms with E-state index in [0.717, 1.165) is 31.0 Å². The van der Waals surface area contributed by atoms with Crippen molar-refractivity contribution in [3.05, 3.63) is 23.8 Å². The first-order chi connectivity index (χ1) is 8.25. The molecule has 0 bridgehead atoms. The molecule has 3 nitrogen and oxygen atoms in total. The molecule has 1 aliphatic rings. The summed E-state index contributed by atoms with van der Waals surface area (Å²) in [7, 11) is 3.36. The lowest BCUT2D eigenvalue weighted by Crippen LogP contribution is -2.28. The Balaban J connectivity index is 2.38. The molecule has 0 aromatic heterocycles. The molecule has 2 rings (SSSR count). The van der Waals surface area contributed by atoms with Crippen LogP contribution in [0, 0.1) is 0 Å². The number of ether oxygens (including phenoxy) is 2. The van der Waals surface area contributed by atoms with Gasteiger partial charge in [0.25, 0.3) is 0 Å². The van der Waals surface area contributed by atoms with Crippen LogP contribution < -0.4 is 14.8 Å². The molecule has 1 atom stereocenters. The molecule has 0 amide bonds. The third-order valence-corrected chi connectivity index (χ3v) is 3.92. The monoisotopic (exact) mass is 235 g/mol. The van der Waals surface area contributed by atoms with Gasteiger partial charge in [0, 0.05) is 12.0 Å². The van der Waals surface area contributed by atoms with Crippen molar-refractivity contribution >= 4 is 0 Å². The van der Waals surface area contributed by atoms with Crippen LogP contribution in [0.4, 0.5) is 0 Å². The Kier molecular flexibility index (Phi) is 3.57. The first-order valence-corrected chi connectivity index (χ1v) is 6.19. The molecule has 94 valence electrons. The lowest BCUT2D eigenvalue weighted by atomic mass is 9.77. The number of nitrogens with one attached hydrogen (secondary N) is 1. The van der Waals surface area contributed by atoms with Crippen LogP contribution in [0.25, 0.3) is 0 Å². The zero-order valence-corrected chi connectivity index (χ0v) is 10.9. The van der Waals surface area contributed by atoms with Crippen LogP contribution >= 0.6 is 0 Å². The van der Waals surface area contributed by atoms with Gasteiger partial charge in [-0.25, -0.2) is 0 Å². The second kappa shape index (κ2) is 4.96. The van der Waals surface area contributed by atoms with Crippen LogP contribution in [0.1, 0.15) is 25.3 Å². The Morgan fingerprint density at radius 2 is 2.00 bits per heavy atom. The Morgan fingerprint density at radius 3 is 2.53 bits per heavy atom. The molecule has 3 heteroatoms. The van der Waals surface area contributed by atoms with Crippen LogP contribution in [-0.4, -0.2) is 27.3 Å². The number of methoxy groups -OCH3 is 2. The topological polar surface area (TPSA) is 30.5 Å². The van der Waals surface area contributed by atoms with Crippen molar-refractivity contribution in [2.45, 2.75) is 25.2 Å². The first kappa shape index (κ1) is 12.2. The van der Waals surface area contributed by atoms with E-state index in [9.17, 15) is 0 Å². The largest absolute Gasteiger partial charge is 0.493 e. The highest BCUT2D eigenvalue weighted by Crippen LogP contribution is 2.38. The molecule has 1 N–H and O–H groups in total. The molecule has 1 unspecified atom stereocenters. The fourth-order valence-corrected chi connectivity index (χ4v) is 2.66. The summed E-state index contributed by atoms with van der Waals surface area (Å²) in [5.74, 6) is 1.62. The minimum atomic E-state index is 0.263. The van der Waals surface area contributed by atoms with Crippen LogP contribution in [0.3, 0.4) is 0 Å². The summed E-state index contributed by atoms with van der Waals surface area (Å²) in [6.07, 6.45) is 2.34. The summed E-state index contributed by atoms with van der Waals surface area (Å²) in [5.41, 5.74) is 1.61. The predicted molar refractivity (Wildman–Crippen MR) is 69.0 cm³/mol. The average molecular weight is 235 g/mol. The second-order valence-electron chi connectivity index (χ2n) is 4.63. The summed E-state index contributed by atoms with van der Waals surface area (Å²) < 4.78 is 10.7. The smallest absolute Gasteiger partial charge is 0.161 e. The maximum Gasteiger partial charge on any atom is 0.161 e. The van der Waals surface area contributed by atoms with E-state index < -0.39 is 0 Å². The standard InChI is InChI=1S/C14H21NO2/c1-4-14(7-8-15-10-14)11-5-6-12(16-2)13(9-11)17-3/h5-6,9,15H,4,7-8,10H2,1-3H3. The van der Waals surface area contributed by atoms with Crippen LogP contribution in [0.2, 0.25) is 0 Å². The van der Waals surface area contributed by atoms with Gasteiger partial charge in [0.1, 0.15) is 0 Å². The van der Waals surface area contributed by atoms with Crippen molar-refractivity contribution in [2.75, 3.05) is 27.3 Å². The van der Waals surface area contributed by atoms with Crippen LogP contribution in [0.15, 0.2) is 18.2 Å².